The summed E-state index contributed by atoms with van der Waals surface area (Å²) in [5.74, 6) is -2.96. The summed E-state index contributed by atoms with van der Waals surface area (Å²) in [6.07, 6.45) is 1.34. The van der Waals surface area contributed by atoms with Crippen LogP contribution in [0.3, 0.4) is 0 Å². The maximum atomic E-state index is 14.0. The van der Waals surface area contributed by atoms with Crippen molar-refractivity contribution < 1.29 is 26.8 Å². The molecule has 10 heteroatoms. The highest BCUT2D eigenvalue weighted by Gasteiger charge is 2.30. The molecule has 2 amide bonds. The number of anilines is 2. The van der Waals surface area contributed by atoms with E-state index < -0.39 is 32.5 Å². The third-order valence-electron chi connectivity index (χ3n) is 3.92. The number of halogens is 2. The van der Waals surface area contributed by atoms with Crippen molar-refractivity contribution in [2.75, 3.05) is 10.6 Å². The minimum absolute atomic E-state index is 0.165. The van der Waals surface area contributed by atoms with Crippen LogP contribution in [0.15, 0.2) is 41.3 Å². The molecule has 1 fully saturated rings. The molecule has 0 radical (unpaired) electrons. The molecule has 1 saturated carbocycles. The SMILES string of the molecule is CC(=O)Nc1ccc(F)c(NC(=O)c2ccc(F)c(S(=O)(=O)NC3CC3)c2)c1. The first-order valence-electron chi connectivity index (χ1n) is 8.36. The molecule has 2 aromatic rings. The molecule has 0 bridgehead atoms. The van der Waals surface area contributed by atoms with Gasteiger partial charge in [0.1, 0.15) is 16.5 Å². The molecule has 3 N–H and O–H groups in total. The lowest BCUT2D eigenvalue weighted by atomic mass is 10.2. The van der Waals surface area contributed by atoms with Gasteiger partial charge in [-0.2, -0.15) is 0 Å². The first kappa shape index (κ1) is 19.9. The van der Waals surface area contributed by atoms with Gasteiger partial charge in [-0.1, -0.05) is 0 Å². The Labute approximate surface area is 160 Å². The Bertz CT molecular complexity index is 1050. The van der Waals surface area contributed by atoms with Crippen LogP contribution in [0.5, 0.6) is 0 Å². The van der Waals surface area contributed by atoms with E-state index in [2.05, 4.69) is 15.4 Å². The van der Waals surface area contributed by atoms with Crippen LogP contribution in [-0.4, -0.2) is 26.3 Å². The number of hydrogen-bond acceptors (Lipinski definition) is 4. The van der Waals surface area contributed by atoms with Gasteiger partial charge in [-0.15, -0.1) is 0 Å². The monoisotopic (exact) mass is 409 g/mol. The number of benzene rings is 2. The van der Waals surface area contributed by atoms with Gasteiger partial charge in [0.2, 0.25) is 15.9 Å². The van der Waals surface area contributed by atoms with Crippen molar-refractivity contribution in [2.24, 2.45) is 0 Å². The van der Waals surface area contributed by atoms with Gasteiger partial charge in [-0.25, -0.2) is 21.9 Å². The van der Waals surface area contributed by atoms with Crippen LogP contribution in [0.4, 0.5) is 20.2 Å². The Kier molecular flexibility index (Phi) is 5.43. The third kappa shape index (κ3) is 4.70. The van der Waals surface area contributed by atoms with Gasteiger partial charge in [-0.05, 0) is 49.2 Å². The first-order chi connectivity index (χ1) is 13.2. The summed E-state index contributed by atoms with van der Waals surface area (Å²) in [5, 5.41) is 4.74. The minimum atomic E-state index is -4.11. The predicted molar refractivity (Wildman–Crippen MR) is 98.4 cm³/mol. The number of nitrogens with one attached hydrogen (secondary N) is 3. The van der Waals surface area contributed by atoms with Gasteiger partial charge in [0.15, 0.2) is 0 Å². The average molecular weight is 409 g/mol. The maximum Gasteiger partial charge on any atom is 0.255 e. The lowest BCUT2D eigenvalue weighted by molar-refractivity contribution is -0.114. The molecular formula is C18H17F2N3O4S. The van der Waals surface area contributed by atoms with Gasteiger partial charge in [0, 0.05) is 24.2 Å². The molecular weight excluding hydrogens is 392 g/mol. The second kappa shape index (κ2) is 7.64. The molecule has 2 aromatic carbocycles. The van der Waals surface area contributed by atoms with Crippen LogP contribution >= 0.6 is 0 Å². The molecule has 28 heavy (non-hydrogen) atoms. The molecule has 148 valence electrons. The standard InChI is InChI=1S/C18H17F2N3O4S/c1-10(24)21-13-5-7-14(19)16(9-13)22-18(25)11-2-6-15(20)17(8-11)28(26,27)23-12-3-4-12/h2,5-9,12,23H,3-4H2,1H3,(H,21,24)(H,22,25). The number of carbonyl (C=O) groups is 2. The number of hydrogen-bond donors (Lipinski definition) is 3. The largest absolute Gasteiger partial charge is 0.326 e. The molecule has 0 unspecified atom stereocenters. The highest BCUT2D eigenvalue weighted by molar-refractivity contribution is 7.89. The Hall–Kier alpha value is -2.85. The average Bonchev–Trinajstić information content (AvgIpc) is 3.40. The van der Waals surface area contributed by atoms with Gasteiger partial charge in [0.05, 0.1) is 5.69 Å². The van der Waals surface area contributed by atoms with E-state index in [1.165, 1.54) is 19.1 Å². The van der Waals surface area contributed by atoms with Crippen LogP contribution < -0.4 is 15.4 Å². The second-order valence-electron chi connectivity index (χ2n) is 6.37. The smallest absolute Gasteiger partial charge is 0.255 e. The van der Waals surface area contributed by atoms with Crippen molar-refractivity contribution in [3.63, 3.8) is 0 Å². The predicted octanol–water partition coefficient (Wildman–Crippen LogP) is 2.62. The van der Waals surface area contributed by atoms with Crippen molar-refractivity contribution in [1.29, 1.82) is 0 Å². The zero-order valence-electron chi connectivity index (χ0n) is 14.8. The van der Waals surface area contributed by atoms with Crippen LogP contribution in [0, 0.1) is 11.6 Å². The third-order valence-corrected chi connectivity index (χ3v) is 5.45. The number of carbonyl (C=O) groups excluding carboxylic acids is 2. The summed E-state index contributed by atoms with van der Waals surface area (Å²) in [7, 11) is -4.11. The van der Waals surface area contributed by atoms with E-state index in [0.717, 1.165) is 24.3 Å². The Morgan fingerprint density at radius 3 is 2.32 bits per heavy atom. The summed E-state index contributed by atoms with van der Waals surface area (Å²) in [6, 6.07) is 6.21. The highest BCUT2D eigenvalue weighted by atomic mass is 32.2. The van der Waals surface area contributed by atoms with Crippen molar-refractivity contribution >= 4 is 33.2 Å². The molecule has 1 aliphatic rings. The lowest BCUT2D eigenvalue weighted by Gasteiger charge is -2.11. The Morgan fingerprint density at radius 2 is 1.68 bits per heavy atom. The summed E-state index contributed by atoms with van der Waals surface area (Å²) in [6.45, 7) is 1.28. The number of amides is 2. The summed E-state index contributed by atoms with van der Waals surface area (Å²) in [5.41, 5.74) is -0.122. The first-order valence-corrected chi connectivity index (χ1v) is 9.84. The summed E-state index contributed by atoms with van der Waals surface area (Å²) in [4.78, 5) is 22.9. The van der Waals surface area contributed by atoms with E-state index in [0.29, 0.717) is 12.8 Å². The molecule has 0 saturated heterocycles. The van der Waals surface area contributed by atoms with Crippen molar-refractivity contribution in [1.82, 2.24) is 4.72 Å². The Balaban J connectivity index is 1.85. The fourth-order valence-electron chi connectivity index (χ4n) is 2.43. The molecule has 0 heterocycles. The van der Waals surface area contributed by atoms with Gasteiger partial charge < -0.3 is 10.6 Å². The van der Waals surface area contributed by atoms with E-state index in [4.69, 9.17) is 0 Å². The van der Waals surface area contributed by atoms with Crippen LogP contribution in [0.2, 0.25) is 0 Å². The van der Waals surface area contributed by atoms with Crippen LogP contribution in [-0.2, 0) is 14.8 Å². The van der Waals surface area contributed by atoms with Crippen molar-refractivity contribution in [2.45, 2.75) is 30.7 Å². The van der Waals surface area contributed by atoms with Crippen molar-refractivity contribution in [3.05, 3.63) is 53.6 Å². The molecule has 0 atom stereocenters. The summed E-state index contributed by atoms with van der Waals surface area (Å²) < 4.78 is 54.8. The molecule has 7 nitrogen and oxygen atoms in total. The van der Waals surface area contributed by atoms with E-state index in [-0.39, 0.29) is 28.9 Å². The fourth-order valence-corrected chi connectivity index (χ4v) is 3.84. The number of rotatable bonds is 6. The normalized spacial score (nSPS) is 13.8. The van der Waals surface area contributed by atoms with E-state index in [1.54, 1.807) is 0 Å². The van der Waals surface area contributed by atoms with E-state index in [9.17, 15) is 26.8 Å². The zero-order chi connectivity index (χ0) is 20.5. The number of sulfonamides is 1. The molecule has 0 spiro atoms. The van der Waals surface area contributed by atoms with Crippen molar-refractivity contribution in [3.8, 4) is 0 Å². The van der Waals surface area contributed by atoms with Gasteiger partial charge >= 0.3 is 0 Å². The van der Waals surface area contributed by atoms with Gasteiger partial charge in [0.25, 0.3) is 5.91 Å². The molecule has 3 rings (SSSR count). The topological polar surface area (TPSA) is 104 Å². The molecule has 0 aromatic heterocycles. The zero-order valence-corrected chi connectivity index (χ0v) is 15.6. The fraction of sp³-hybridized carbons (Fsp3) is 0.222. The van der Waals surface area contributed by atoms with Crippen LogP contribution in [0.25, 0.3) is 0 Å². The Morgan fingerprint density at radius 1 is 1.00 bits per heavy atom. The summed E-state index contributed by atoms with van der Waals surface area (Å²) >= 11 is 0. The quantitative estimate of drug-likeness (QED) is 0.682. The second-order valence-corrected chi connectivity index (χ2v) is 8.05. The van der Waals surface area contributed by atoms with Crippen LogP contribution in [0.1, 0.15) is 30.1 Å². The minimum Gasteiger partial charge on any atom is -0.326 e. The highest BCUT2D eigenvalue weighted by Crippen LogP contribution is 2.25. The van der Waals surface area contributed by atoms with Gasteiger partial charge in [-0.3, -0.25) is 9.59 Å². The maximum absolute atomic E-state index is 14.0. The van der Waals surface area contributed by atoms with E-state index in [1.807, 2.05) is 0 Å². The molecule has 0 aliphatic heterocycles. The van der Waals surface area contributed by atoms with E-state index >= 15 is 0 Å². The lowest BCUT2D eigenvalue weighted by Crippen LogP contribution is -2.27. The molecule has 1 aliphatic carbocycles.